The molecule has 0 fully saturated rings. The number of nitrogens with one attached hydrogen (secondary N) is 2. The highest BCUT2D eigenvalue weighted by Crippen LogP contribution is 2.36. The molecule has 180 valence electrons. The molecule has 1 aromatic rings. The van der Waals surface area contributed by atoms with Gasteiger partial charge in [0.25, 0.3) is 11.8 Å². The summed E-state index contributed by atoms with van der Waals surface area (Å²) < 4.78 is 5.87. The topological polar surface area (TPSA) is 169 Å². The van der Waals surface area contributed by atoms with Crippen molar-refractivity contribution in [2.24, 2.45) is 0 Å². The molecule has 2 atom stereocenters. The van der Waals surface area contributed by atoms with Crippen LogP contribution in [0.2, 0.25) is 0 Å². The van der Waals surface area contributed by atoms with E-state index in [2.05, 4.69) is 10.6 Å². The van der Waals surface area contributed by atoms with Crippen molar-refractivity contribution in [2.45, 2.75) is 12.2 Å². The van der Waals surface area contributed by atoms with Gasteiger partial charge in [-0.05, 0) is 67.8 Å². The van der Waals surface area contributed by atoms with Crippen LogP contribution < -0.4 is 10.6 Å². The number of rotatable bonds is 11. The molecule has 1 rings (SSSR count). The SMILES string of the molecule is COCC(=O)Nc1c(I)c(C(=O)NC[C@@H](O)CO)c(I)c(C(=O)N(C)C[C@H](O)CO)c1I. The van der Waals surface area contributed by atoms with Crippen molar-refractivity contribution >= 4 is 91.2 Å². The van der Waals surface area contributed by atoms with Gasteiger partial charge in [-0.3, -0.25) is 14.4 Å². The van der Waals surface area contributed by atoms with Crippen LogP contribution in [0.3, 0.4) is 0 Å². The fourth-order valence-electron chi connectivity index (χ4n) is 2.48. The largest absolute Gasteiger partial charge is 0.394 e. The van der Waals surface area contributed by atoms with E-state index in [1.54, 1.807) is 0 Å². The third kappa shape index (κ3) is 7.84. The Kier molecular flexibility index (Phi) is 13.1. The molecule has 0 bridgehead atoms. The second kappa shape index (κ2) is 14.1. The van der Waals surface area contributed by atoms with Crippen LogP contribution in [0.15, 0.2) is 0 Å². The van der Waals surface area contributed by atoms with Crippen LogP contribution in [0.5, 0.6) is 0 Å². The Morgan fingerprint density at radius 1 is 1.00 bits per heavy atom. The van der Waals surface area contributed by atoms with Gasteiger partial charge < -0.3 is 40.7 Å². The molecule has 0 spiro atoms. The molecule has 3 amide bonds. The number of amides is 3. The molecule has 32 heavy (non-hydrogen) atoms. The average molecular weight is 791 g/mol. The van der Waals surface area contributed by atoms with E-state index in [4.69, 9.17) is 14.9 Å². The number of carbonyl (C=O) groups excluding carboxylic acids is 3. The van der Waals surface area contributed by atoms with Gasteiger partial charge in [-0.1, -0.05) is 0 Å². The summed E-state index contributed by atoms with van der Waals surface area (Å²) in [6.45, 7) is -1.68. The first-order valence-corrected chi connectivity index (χ1v) is 12.3. The molecule has 14 heteroatoms. The van der Waals surface area contributed by atoms with E-state index in [1.807, 2.05) is 67.8 Å². The van der Waals surface area contributed by atoms with Crippen molar-refractivity contribution in [3.05, 3.63) is 21.8 Å². The molecular formula is C18H24I3N3O8. The Hall–Kier alpha value is -0.380. The van der Waals surface area contributed by atoms with Crippen molar-refractivity contribution < 1.29 is 39.5 Å². The zero-order valence-corrected chi connectivity index (χ0v) is 23.7. The molecule has 1 aromatic carbocycles. The maximum absolute atomic E-state index is 13.2. The van der Waals surface area contributed by atoms with E-state index in [1.165, 1.54) is 19.1 Å². The molecule has 0 heterocycles. The van der Waals surface area contributed by atoms with E-state index in [0.29, 0.717) is 10.7 Å². The number of carbonyl (C=O) groups is 3. The first kappa shape index (κ1) is 29.7. The molecule has 0 saturated carbocycles. The van der Waals surface area contributed by atoms with Crippen LogP contribution in [-0.4, -0.2) is 102 Å². The molecule has 6 N–H and O–H groups in total. The molecular weight excluding hydrogens is 767 g/mol. The smallest absolute Gasteiger partial charge is 0.255 e. The molecule has 0 aliphatic heterocycles. The van der Waals surface area contributed by atoms with Gasteiger partial charge >= 0.3 is 0 Å². The lowest BCUT2D eigenvalue weighted by Crippen LogP contribution is -2.38. The summed E-state index contributed by atoms with van der Waals surface area (Å²) in [6.07, 6.45) is -2.31. The Morgan fingerprint density at radius 2 is 1.56 bits per heavy atom. The number of hydrogen-bond acceptors (Lipinski definition) is 8. The second-order valence-corrected chi connectivity index (χ2v) is 9.85. The minimum Gasteiger partial charge on any atom is -0.394 e. The number of hydrogen-bond donors (Lipinski definition) is 6. The molecule has 11 nitrogen and oxygen atoms in total. The van der Waals surface area contributed by atoms with E-state index in [9.17, 15) is 24.6 Å². The number of benzene rings is 1. The number of likely N-dealkylation sites (N-methyl/N-ethyl adjacent to an activating group) is 1. The van der Waals surface area contributed by atoms with E-state index < -0.39 is 43.1 Å². The van der Waals surface area contributed by atoms with E-state index >= 15 is 0 Å². The molecule has 0 radical (unpaired) electrons. The van der Waals surface area contributed by atoms with Crippen LogP contribution in [-0.2, 0) is 9.53 Å². The predicted molar refractivity (Wildman–Crippen MR) is 141 cm³/mol. The second-order valence-electron chi connectivity index (χ2n) is 6.62. The first-order valence-electron chi connectivity index (χ1n) is 9.10. The number of nitrogens with zero attached hydrogens (tertiary/aromatic N) is 1. The summed E-state index contributed by atoms with van der Waals surface area (Å²) >= 11 is 5.63. The minimum absolute atomic E-state index is 0.101. The Morgan fingerprint density at radius 3 is 2.09 bits per heavy atom. The fourth-order valence-corrected chi connectivity index (χ4v) is 6.87. The van der Waals surface area contributed by atoms with E-state index in [-0.39, 0.29) is 36.5 Å². The molecule has 0 unspecified atom stereocenters. The minimum atomic E-state index is -1.16. The lowest BCUT2D eigenvalue weighted by atomic mass is 10.1. The standard InChI is InChI=1S/C18H24I3N3O8/c1-24(4-9(28)6-26)18(31)12-13(19)11(17(30)22-3-8(27)5-25)14(20)16(15(12)21)23-10(29)7-32-2/h8-9,25-28H,3-7H2,1-2H3,(H,22,30)(H,23,29)/t8-,9+/m1/s1. The summed E-state index contributed by atoms with van der Waals surface area (Å²) in [5.74, 6) is -1.64. The summed E-state index contributed by atoms with van der Waals surface area (Å²) in [5, 5.41) is 42.4. The van der Waals surface area contributed by atoms with Crippen LogP contribution in [0.1, 0.15) is 20.7 Å². The third-order valence-corrected chi connectivity index (χ3v) is 7.29. The van der Waals surface area contributed by atoms with E-state index in [0.717, 1.165) is 0 Å². The lowest BCUT2D eigenvalue weighted by molar-refractivity contribution is -0.119. The summed E-state index contributed by atoms with van der Waals surface area (Å²) in [7, 11) is 2.79. The van der Waals surface area contributed by atoms with Crippen LogP contribution in [0.4, 0.5) is 5.69 Å². The Balaban J connectivity index is 3.57. The quantitative estimate of drug-likeness (QED) is 0.165. The number of methoxy groups -OCH3 is 1. The van der Waals surface area contributed by atoms with Gasteiger partial charge in [0.2, 0.25) is 5.91 Å². The normalized spacial score (nSPS) is 12.8. The summed E-state index contributed by atoms with van der Waals surface area (Å²) in [5.41, 5.74) is 0.463. The predicted octanol–water partition coefficient (Wildman–Crippen LogP) is -0.407. The molecule has 0 aliphatic carbocycles. The number of ether oxygens (including phenoxy) is 1. The van der Waals surface area contributed by atoms with Gasteiger partial charge in [0, 0.05) is 30.8 Å². The van der Waals surface area contributed by atoms with Crippen LogP contribution in [0, 0.1) is 10.7 Å². The van der Waals surface area contributed by atoms with Gasteiger partial charge in [-0.25, -0.2) is 0 Å². The molecule has 0 aromatic heterocycles. The van der Waals surface area contributed by atoms with Crippen molar-refractivity contribution in [2.75, 3.05) is 52.4 Å². The van der Waals surface area contributed by atoms with Crippen molar-refractivity contribution in [3.8, 4) is 0 Å². The number of halogens is 3. The van der Waals surface area contributed by atoms with Crippen LogP contribution >= 0.6 is 67.8 Å². The highest BCUT2D eigenvalue weighted by molar-refractivity contribution is 14.1. The first-order chi connectivity index (χ1) is 15.0. The molecule has 0 saturated heterocycles. The van der Waals surface area contributed by atoms with Crippen molar-refractivity contribution in [3.63, 3.8) is 0 Å². The summed E-state index contributed by atoms with van der Waals surface area (Å²) in [4.78, 5) is 39.5. The van der Waals surface area contributed by atoms with Gasteiger partial charge in [0.05, 0.1) is 49.4 Å². The average Bonchev–Trinajstić information content (AvgIpc) is 2.74. The summed E-state index contributed by atoms with van der Waals surface area (Å²) in [6, 6.07) is 0. The lowest BCUT2D eigenvalue weighted by Gasteiger charge is -2.24. The molecule has 0 aliphatic rings. The zero-order valence-electron chi connectivity index (χ0n) is 17.2. The van der Waals surface area contributed by atoms with Crippen molar-refractivity contribution in [1.29, 1.82) is 0 Å². The Bertz CT molecular complexity index is 855. The fraction of sp³-hybridized carbons (Fsp3) is 0.500. The number of aliphatic hydroxyl groups is 4. The monoisotopic (exact) mass is 791 g/mol. The highest BCUT2D eigenvalue weighted by atomic mass is 127. The Labute approximate surface area is 225 Å². The van der Waals surface area contributed by atoms with Crippen LogP contribution in [0.25, 0.3) is 0 Å². The number of aliphatic hydroxyl groups excluding tert-OH is 4. The zero-order chi connectivity index (χ0) is 24.6. The van der Waals surface area contributed by atoms with Gasteiger partial charge in [-0.2, -0.15) is 0 Å². The van der Waals surface area contributed by atoms with Gasteiger partial charge in [0.1, 0.15) is 6.61 Å². The third-order valence-electron chi connectivity index (χ3n) is 4.05. The number of anilines is 1. The van der Waals surface area contributed by atoms with Gasteiger partial charge in [0.15, 0.2) is 0 Å². The highest BCUT2D eigenvalue weighted by Gasteiger charge is 2.30. The van der Waals surface area contributed by atoms with Crippen molar-refractivity contribution in [1.82, 2.24) is 10.2 Å². The maximum Gasteiger partial charge on any atom is 0.255 e. The maximum atomic E-state index is 13.2. The van der Waals surface area contributed by atoms with Gasteiger partial charge in [-0.15, -0.1) is 0 Å².